The average Bonchev–Trinajstić information content (AvgIpc) is 3.44. The van der Waals surface area contributed by atoms with E-state index in [2.05, 4.69) is 74.7 Å². The smallest absolute Gasteiger partial charge is 0.306 e. The van der Waals surface area contributed by atoms with Gasteiger partial charge in [0.1, 0.15) is 24.4 Å². The van der Waals surface area contributed by atoms with Crippen molar-refractivity contribution in [3.8, 4) is 0 Å². The molecule has 1 aliphatic heterocycles. The Kier molecular flexibility index (Phi) is 50.3. The van der Waals surface area contributed by atoms with Crippen LogP contribution in [0, 0.1) is 0 Å². The molecule has 8 unspecified atom stereocenters. The maximum Gasteiger partial charge on any atom is 0.306 e. The highest BCUT2D eigenvalue weighted by molar-refractivity contribution is 5.80. The van der Waals surface area contributed by atoms with Gasteiger partial charge in [-0.15, -0.1) is 0 Å². The summed E-state index contributed by atoms with van der Waals surface area (Å²) in [5.41, 5.74) is 0. The van der Waals surface area contributed by atoms with Crippen molar-refractivity contribution in [2.75, 3.05) is 13.2 Å². The van der Waals surface area contributed by atoms with E-state index in [1.165, 1.54) is 154 Å². The van der Waals surface area contributed by atoms with E-state index in [4.69, 9.17) is 14.2 Å². The maximum absolute atomic E-state index is 13.4. The molecule has 6 N–H and O–H groups in total. The van der Waals surface area contributed by atoms with Crippen LogP contribution in [0.5, 0.6) is 0 Å². The topological polar surface area (TPSA) is 175 Å². The van der Waals surface area contributed by atoms with Crippen LogP contribution in [0.3, 0.4) is 0 Å². The fourth-order valence-electron chi connectivity index (χ4n) is 9.53. The van der Waals surface area contributed by atoms with Crippen LogP contribution < -0.4 is 5.32 Å². The minimum atomic E-state index is -1.64. The highest BCUT2D eigenvalue weighted by atomic mass is 16.7. The summed E-state index contributed by atoms with van der Waals surface area (Å²) >= 11 is 0. The van der Waals surface area contributed by atoms with E-state index >= 15 is 0 Å². The molecule has 0 bridgehead atoms. The number of ether oxygens (including phenoxy) is 3. The number of nitrogens with one attached hydrogen (secondary N) is 1. The van der Waals surface area contributed by atoms with Crippen LogP contribution in [-0.2, 0) is 23.8 Å². The lowest BCUT2D eigenvalue weighted by Gasteiger charge is -2.41. The molecule has 0 spiro atoms. The second-order valence-corrected chi connectivity index (χ2v) is 21.8. The first-order chi connectivity index (χ1) is 37.7. The Hall–Kier alpha value is -2.90. The number of aliphatic hydroxyl groups is 5. The van der Waals surface area contributed by atoms with Gasteiger partial charge in [-0.25, -0.2) is 0 Å². The molecular formula is C66H117NO10. The van der Waals surface area contributed by atoms with Gasteiger partial charge >= 0.3 is 5.97 Å². The minimum absolute atomic E-state index is 0.0162. The van der Waals surface area contributed by atoms with Crippen LogP contribution in [0.25, 0.3) is 0 Å². The number of amides is 1. The number of carbonyl (C=O) groups is 2. The SMILES string of the molecule is CCCCC/C=C\C/C=C\C/C=C\CCCCCCCCCCCCCC(O)C(=O)NC(COC1OC(CO)C(O)C(O)C1OC(=O)CC/C=C/C/C=C\CCCCCCCC)C(O)/C=C/CCCCCCCCCCC. The van der Waals surface area contributed by atoms with Crippen LogP contribution in [0.4, 0.5) is 0 Å². The first kappa shape index (κ1) is 72.1. The van der Waals surface area contributed by atoms with Crippen LogP contribution >= 0.6 is 0 Å². The monoisotopic (exact) mass is 1080 g/mol. The largest absolute Gasteiger partial charge is 0.454 e. The molecule has 0 radical (unpaired) electrons. The molecule has 11 heteroatoms. The zero-order valence-electron chi connectivity index (χ0n) is 49.3. The quantitative estimate of drug-likeness (QED) is 0.0195. The fourth-order valence-corrected chi connectivity index (χ4v) is 9.53. The van der Waals surface area contributed by atoms with E-state index in [1.54, 1.807) is 6.08 Å². The lowest BCUT2D eigenvalue weighted by Crippen LogP contribution is -2.61. The van der Waals surface area contributed by atoms with E-state index < -0.39 is 67.4 Å². The summed E-state index contributed by atoms with van der Waals surface area (Å²) in [6.07, 6.45) is 58.2. The van der Waals surface area contributed by atoms with Crippen molar-refractivity contribution < 1.29 is 49.3 Å². The van der Waals surface area contributed by atoms with Crippen LogP contribution in [0.2, 0.25) is 0 Å². The third-order valence-corrected chi connectivity index (χ3v) is 14.6. The molecule has 446 valence electrons. The fraction of sp³-hybridized carbons (Fsp3) is 0.788. The van der Waals surface area contributed by atoms with Crippen LogP contribution in [0.1, 0.15) is 271 Å². The van der Waals surface area contributed by atoms with E-state index in [0.29, 0.717) is 12.8 Å². The van der Waals surface area contributed by atoms with E-state index in [0.717, 1.165) is 70.6 Å². The molecule has 0 aromatic carbocycles. The molecule has 1 rings (SSSR count). The van der Waals surface area contributed by atoms with Gasteiger partial charge in [-0.1, -0.05) is 254 Å². The Balaban J connectivity index is 2.63. The Morgan fingerprint density at radius 2 is 0.896 bits per heavy atom. The average molecular weight is 1080 g/mol. The van der Waals surface area contributed by atoms with E-state index in [1.807, 2.05) is 18.2 Å². The zero-order valence-corrected chi connectivity index (χ0v) is 49.3. The third kappa shape index (κ3) is 41.7. The summed E-state index contributed by atoms with van der Waals surface area (Å²) in [6.45, 7) is 5.71. The highest BCUT2D eigenvalue weighted by Gasteiger charge is 2.47. The summed E-state index contributed by atoms with van der Waals surface area (Å²) in [4.78, 5) is 26.5. The maximum atomic E-state index is 13.4. The number of unbranched alkanes of at least 4 members (excludes halogenated alkanes) is 29. The van der Waals surface area contributed by atoms with Crippen molar-refractivity contribution in [1.82, 2.24) is 5.32 Å². The molecule has 0 aromatic heterocycles. The predicted molar refractivity (Wildman–Crippen MR) is 319 cm³/mol. The Labute approximate surface area is 471 Å². The third-order valence-electron chi connectivity index (χ3n) is 14.6. The van der Waals surface area contributed by atoms with Crippen LogP contribution in [-0.4, -0.2) is 99.6 Å². The first-order valence-electron chi connectivity index (χ1n) is 31.7. The summed E-state index contributed by atoms with van der Waals surface area (Å²) in [6, 6.07) is -1.04. The Bertz CT molecular complexity index is 1530. The number of carbonyl (C=O) groups excluding carboxylic acids is 2. The number of hydrogen-bond acceptors (Lipinski definition) is 10. The normalized spacial score (nSPS) is 19.5. The minimum Gasteiger partial charge on any atom is -0.454 e. The second-order valence-electron chi connectivity index (χ2n) is 21.8. The lowest BCUT2D eigenvalue weighted by atomic mass is 9.99. The number of esters is 1. The molecule has 0 aromatic rings. The Morgan fingerprint density at radius 3 is 1.36 bits per heavy atom. The van der Waals surface area contributed by atoms with Gasteiger partial charge < -0.3 is 45.1 Å². The summed E-state index contributed by atoms with van der Waals surface area (Å²) in [5, 5.41) is 56.9. The molecule has 77 heavy (non-hydrogen) atoms. The van der Waals surface area contributed by atoms with Crippen LogP contribution in [0.15, 0.2) is 72.9 Å². The number of allylic oxidation sites excluding steroid dienone is 11. The molecule has 8 atom stereocenters. The van der Waals surface area contributed by atoms with Crippen molar-refractivity contribution in [2.24, 2.45) is 0 Å². The van der Waals surface area contributed by atoms with Crippen molar-refractivity contribution in [2.45, 2.75) is 320 Å². The van der Waals surface area contributed by atoms with Crippen molar-refractivity contribution >= 4 is 11.9 Å². The van der Waals surface area contributed by atoms with Gasteiger partial charge in [-0.05, 0) is 83.5 Å². The molecule has 1 amide bonds. The van der Waals surface area contributed by atoms with Gasteiger partial charge in [0, 0.05) is 6.42 Å². The molecule has 0 saturated carbocycles. The van der Waals surface area contributed by atoms with Gasteiger partial charge in [0.2, 0.25) is 5.91 Å². The first-order valence-corrected chi connectivity index (χ1v) is 31.7. The molecule has 1 aliphatic rings. The second kappa shape index (κ2) is 53.7. The molecule has 0 aliphatic carbocycles. The van der Waals surface area contributed by atoms with Gasteiger partial charge in [0.15, 0.2) is 12.4 Å². The Morgan fingerprint density at radius 1 is 0.506 bits per heavy atom. The van der Waals surface area contributed by atoms with Crippen molar-refractivity contribution in [3.05, 3.63) is 72.9 Å². The molecule has 1 heterocycles. The number of aliphatic hydroxyl groups excluding tert-OH is 5. The van der Waals surface area contributed by atoms with Gasteiger partial charge in [-0.3, -0.25) is 9.59 Å². The lowest BCUT2D eigenvalue weighted by molar-refractivity contribution is -0.305. The summed E-state index contributed by atoms with van der Waals surface area (Å²) in [7, 11) is 0. The van der Waals surface area contributed by atoms with Crippen molar-refractivity contribution in [1.29, 1.82) is 0 Å². The zero-order chi connectivity index (χ0) is 56.1. The van der Waals surface area contributed by atoms with E-state index in [-0.39, 0.29) is 19.4 Å². The standard InChI is InChI=1S/C66H117NO10/c1-4-7-10-13-16-19-22-24-25-26-27-28-29-30-31-32-33-34-36-38-41-44-47-50-53-59(70)65(74)67-57(58(69)52-49-46-43-40-37-21-18-15-12-9-6-3)56-75-66-64(63(73)62(72)60(55-68)76-66)77-61(71)54-51-48-45-42-39-35-23-20-17-14-11-8-5-2/h16,19,24-25,27-28,35,39,45,48-49,52,57-60,62-64,66,68-70,72-73H,4-15,17-18,20-23,26,29-34,36-38,40-44,46-47,50-51,53-56H2,1-3H3,(H,67,74)/b19-16-,25-24-,28-27-,39-35-,48-45+,52-49+. The van der Waals surface area contributed by atoms with Gasteiger partial charge in [0.05, 0.1) is 25.4 Å². The highest BCUT2D eigenvalue weighted by Crippen LogP contribution is 2.26. The summed E-state index contributed by atoms with van der Waals surface area (Å²) in [5.74, 6) is -1.27. The molecular weight excluding hydrogens is 967 g/mol. The molecule has 1 saturated heterocycles. The number of hydrogen-bond donors (Lipinski definition) is 6. The van der Waals surface area contributed by atoms with E-state index in [9.17, 15) is 35.1 Å². The molecule has 11 nitrogen and oxygen atoms in total. The molecule has 1 fully saturated rings. The van der Waals surface area contributed by atoms with Crippen molar-refractivity contribution in [3.63, 3.8) is 0 Å². The predicted octanol–water partition coefficient (Wildman–Crippen LogP) is 15.2. The summed E-state index contributed by atoms with van der Waals surface area (Å²) < 4.78 is 17.5. The number of rotatable bonds is 53. The van der Waals surface area contributed by atoms with Gasteiger partial charge in [0.25, 0.3) is 0 Å². The van der Waals surface area contributed by atoms with Gasteiger partial charge in [-0.2, -0.15) is 0 Å².